The number of benzene rings is 3. The second-order valence-corrected chi connectivity index (χ2v) is 10.6. The third-order valence-electron chi connectivity index (χ3n) is 6.61. The standard InChI is InChI=1S/C31H36N4O3/c1-4-33-29(37)26-12-8-7-11-25(26)22-15-13-21(14-16-22)19-35-20-24-10-6-5-9-23(24)17-27(30(35)38)34-28(36)18-31(2,3)32/h5-16,27H,4,17-20,32H2,1-3H3,(H,33,37)(H,34,36). The highest BCUT2D eigenvalue weighted by Gasteiger charge is 2.31. The Morgan fingerprint density at radius 1 is 0.974 bits per heavy atom. The molecule has 0 spiro atoms. The van der Waals surface area contributed by atoms with E-state index in [1.165, 1.54) is 0 Å². The molecule has 3 aromatic carbocycles. The van der Waals surface area contributed by atoms with E-state index in [9.17, 15) is 14.4 Å². The van der Waals surface area contributed by atoms with Crippen LogP contribution >= 0.6 is 0 Å². The number of hydrogen-bond acceptors (Lipinski definition) is 4. The van der Waals surface area contributed by atoms with Crippen LogP contribution in [-0.2, 0) is 29.1 Å². The van der Waals surface area contributed by atoms with E-state index in [2.05, 4.69) is 10.6 Å². The van der Waals surface area contributed by atoms with E-state index in [0.717, 1.165) is 27.8 Å². The minimum absolute atomic E-state index is 0.105. The van der Waals surface area contributed by atoms with Crippen LogP contribution in [0.15, 0.2) is 72.8 Å². The molecular weight excluding hydrogens is 476 g/mol. The van der Waals surface area contributed by atoms with Crippen molar-refractivity contribution in [3.8, 4) is 11.1 Å². The van der Waals surface area contributed by atoms with Crippen LogP contribution in [0, 0.1) is 0 Å². The second-order valence-electron chi connectivity index (χ2n) is 10.6. The highest BCUT2D eigenvalue weighted by Crippen LogP contribution is 2.26. The number of amides is 3. The van der Waals surface area contributed by atoms with Gasteiger partial charge in [0.05, 0.1) is 0 Å². The number of carbonyl (C=O) groups is 3. The molecule has 4 rings (SSSR count). The molecule has 1 heterocycles. The van der Waals surface area contributed by atoms with E-state index in [1.807, 2.05) is 79.7 Å². The summed E-state index contributed by atoms with van der Waals surface area (Å²) in [6, 6.07) is 22.8. The molecule has 38 heavy (non-hydrogen) atoms. The summed E-state index contributed by atoms with van der Waals surface area (Å²) in [6.07, 6.45) is 0.579. The van der Waals surface area contributed by atoms with E-state index in [1.54, 1.807) is 18.7 Å². The Hall–Kier alpha value is -3.97. The van der Waals surface area contributed by atoms with Crippen LogP contribution < -0.4 is 16.4 Å². The molecule has 3 aromatic rings. The quantitative estimate of drug-likeness (QED) is 0.427. The molecule has 0 bridgehead atoms. The Labute approximate surface area is 224 Å². The number of nitrogens with zero attached hydrogens (tertiary/aromatic N) is 1. The maximum atomic E-state index is 13.6. The third-order valence-corrected chi connectivity index (χ3v) is 6.61. The first-order chi connectivity index (χ1) is 18.1. The van der Waals surface area contributed by atoms with E-state index in [-0.39, 0.29) is 24.1 Å². The second kappa shape index (κ2) is 11.6. The van der Waals surface area contributed by atoms with E-state index < -0.39 is 11.6 Å². The van der Waals surface area contributed by atoms with Gasteiger partial charge >= 0.3 is 0 Å². The first-order valence-electron chi connectivity index (χ1n) is 13.0. The summed E-state index contributed by atoms with van der Waals surface area (Å²) in [5.41, 5.74) is 10.9. The van der Waals surface area contributed by atoms with Crippen LogP contribution in [0.25, 0.3) is 11.1 Å². The Morgan fingerprint density at radius 3 is 2.32 bits per heavy atom. The van der Waals surface area contributed by atoms with Gasteiger partial charge < -0.3 is 21.3 Å². The molecule has 7 heteroatoms. The highest BCUT2D eigenvalue weighted by molar-refractivity contribution is 6.00. The van der Waals surface area contributed by atoms with Gasteiger partial charge in [0, 0.05) is 43.6 Å². The van der Waals surface area contributed by atoms with Gasteiger partial charge in [-0.05, 0) is 54.7 Å². The van der Waals surface area contributed by atoms with Crippen molar-refractivity contribution in [3.05, 3.63) is 95.1 Å². The van der Waals surface area contributed by atoms with Crippen LogP contribution in [0.3, 0.4) is 0 Å². The molecule has 0 aromatic heterocycles. The van der Waals surface area contributed by atoms with Gasteiger partial charge in [0.2, 0.25) is 11.8 Å². The van der Waals surface area contributed by atoms with Crippen molar-refractivity contribution in [2.45, 2.75) is 58.3 Å². The molecular formula is C31H36N4O3. The Bertz CT molecular complexity index is 1310. The minimum Gasteiger partial charge on any atom is -0.352 e. The summed E-state index contributed by atoms with van der Waals surface area (Å²) in [4.78, 5) is 40.6. The number of fused-ring (bicyclic) bond motifs is 1. The maximum absolute atomic E-state index is 13.6. The van der Waals surface area contributed by atoms with Crippen LogP contribution in [0.2, 0.25) is 0 Å². The number of carbonyl (C=O) groups excluding carboxylic acids is 3. The predicted molar refractivity (Wildman–Crippen MR) is 149 cm³/mol. The molecule has 4 N–H and O–H groups in total. The zero-order valence-corrected chi connectivity index (χ0v) is 22.3. The van der Waals surface area contributed by atoms with Gasteiger partial charge in [0.1, 0.15) is 6.04 Å². The smallest absolute Gasteiger partial charge is 0.251 e. The fourth-order valence-corrected chi connectivity index (χ4v) is 4.83. The van der Waals surface area contributed by atoms with Crippen molar-refractivity contribution in [2.75, 3.05) is 6.54 Å². The topological polar surface area (TPSA) is 105 Å². The van der Waals surface area contributed by atoms with Crippen LogP contribution in [0.5, 0.6) is 0 Å². The molecule has 0 saturated carbocycles. The predicted octanol–water partition coefficient (Wildman–Crippen LogP) is 3.80. The monoisotopic (exact) mass is 512 g/mol. The van der Waals surface area contributed by atoms with Gasteiger partial charge in [0.25, 0.3) is 5.91 Å². The maximum Gasteiger partial charge on any atom is 0.251 e. The highest BCUT2D eigenvalue weighted by atomic mass is 16.2. The lowest BCUT2D eigenvalue weighted by Gasteiger charge is -2.26. The number of rotatable bonds is 8. The van der Waals surface area contributed by atoms with Crippen LogP contribution in [0.4, 0.5) is 0 Å². The van der Waals surface area contributed by atoms with Crippen molar-refractivity contribution < 1.29 is 14.4 Å². The van der Waals surface area contributed by atoms with Gasteiger partial charge in [-0.1, -0.05) is 66.7 Å². The normalized spacial score (nSPS) is 15.4. The lowest BCUT2D eigenvalue weighted by molar-refractivity contribution is -0.137. The largest absolute Gasteiger partial charge is 0.352 e. The molecule has 1 unspecified atom stereocenters. The molecule has 1 aliphatic rings. The molecule has 7 nitrogen and oxygen atoms in total. The Balaban J connectivity index is 1.56. The minimum atomic E-state index is -0.660. The van der Waals surface area contributed by atoms with Gasteiger partial charge in [-0.15, -0.1) is 0 Å². The van der Waals surface area contributed by atoms with Crippen LogP contribution in [-0.4, -0.2) is 40.7 Å². The fraction of sp³-hybridized carbons (Fsp3) is 0.323. The summed E-state index contributed by atoms with van der Waals surface area (Å²) in [5.74, 6) is -0.451. The Kier molecular flexibility index (Phi) is 8.27. The molecule has 0 radical (unpaired) electrons. The van der Waals surface area contributed by atoms with E-state index in [0.29, 0.717) is 31.6 Å². The molecule has 0 saturated heterocycles. The number of nitrogens with one attached hydrogen (secondary N) is 2. The van der Waals surface area contributed by atoms with Crippen molar-refractivity contribution in [1.82, 2.24) is 15.5 Å². The summed E-state index contributed by atoms with van der Waals surface area (Å²) >= 11 is 0. The first kappa shape index (κ1) is 27.1. The fourth-order valence-electron chi connectivity index (χ4n) is 4.83. The van der Waals surface area contributed by atoms with Gasteiger partial charge in [-0.3, -0.25) is 14.4 Å². The number of hydrogen-bond donors (Lipinski definition) is 3. The van der Waals surface area contributed by atoms with E-state index in [4.69, 9.17) is 5.73 Å². The number of nitrogens with two attached hydrogens (primary N) is 1. The summed E-state index contributed by atoms with van der Waals surface area (Å²) in [5, 5.41) is 5.80. The zero-order chi connectivity index (χ0) is 27.3. The third kappa shape index (κ3) is 6.66. The van der Waals surface area contributed by atoms with E-state index >= 15 is 0 Å². The first-order valence-corrected chi connectivity index (χ1v) is 13.0. The molecule has 0 aliphatic carbocycles. The molecule has 3 amide bonds. The molecule has 1 atom stereocenters. The van der Waals surface area contributed by atoms with Crippen molar-refractivity contribution in [1.29, 1.82) is 0 Å². The average Bonchev–Trinajstić information content (AvgIpc) is 3.00. The lowest BCUT2D eigenvalue weighted by atomic mass is 9.98. The average molecular weight is 513 g/mol. The summed E-state index contributed by atoms with van der Waals surface area (Å²) in [7, 11) is 0. The summed E-state index contributed by atoms with van der Waals surface area (Å²) in [6.45, 7) is 6.91. The zero-order valence-electron chi connectivity index (χ0n) is 22.3. The Morgan fingerprint density at radius 2 is 1.63 bits per heavy atom. The van der Waals surface area contributed by atoms with Gasteiger partial charge in [-0.25, -0.2) is 0 Å². The SMILES string of the molecule is CCNC(=O)c1ccccc1-c1ccc(CN2Cc3ccccc3CC(NC(=O)CC(C)(C)N)C2=O)cc1. The molecule has 198 valence electrons. The van der Waals surface area contributed by atoms with Crippen LogP contribution in [0.1, 0.15) is 54.2 Å². The van der Waals surface area contributed by atoms with Crippen molar-refractivity contribution in [3.63, 3.8) is 0 Å². The van der Waals surface area contributed by atoms with Gasteiger partial charge in [0.15, 0.2) is 0 Å². The lowest BCUT2D eigenvalue weighted by Crippen LogP contribution is -2.50. The van der Waals surface area contributed by atoms with Crippen molar-refractivity contribution >= 4 is 17.7 Å². The summed E-state index contributed by atoms with van der Waals surface area (Å²) < 4.78 is 0. The molecule has 0 fully saturated rings. The van der Waals surface area contributed by atoms with Gasteiger partial charge in [-0.2, -0.15) is 0 Å². The molecule has 1 aliphatic heterocycles. The van der Waals surface area contributed by atoms with Crippen molar-refractivity contribution in [2.24, 2.45) is 5.73 Å².